The standard InChI is InChI=1S/C7H6Cl3NO2/c8-4-3-5(9)7(11-6(4)10)13-2-1-12/h3,12H,1-2H2. The Balaban J connectivity index is 2.88. The fraction of sp³-hybridized carbons (Fsp3) is 0.286. The molecule has 0 aliphatic rings. The summed E-state index contributed by atoms with van der Waals surface area (Å²) < 4.78 is 4.99. The third-order valence-corrected chi connectivity index (χ3v) is 2.13. The van der Waals surface area contributed by atoms with Crippen LogP contribution in [0.4, 0.5) is 0 Å². The van der Waals surface area contributed by atoms with E-state index in [1.807, 2.05) is 0 Å². The molecule has 0 aliphatic heterocycles. The van der Waals surface area contributed by atoms with Crippen molar-refractivity contribution in [3.8, 4) is 5.88 Å². The molecule has 0 bridgehead atoms. The number of ether oxygens (including phenoxy) is 1. The molecule has 0 unspecified atom stereocenters. The van der Waals surface area contributed by atoms with Crippen LogP contribution in [-0.4, -0.2) is 23.3 Å². The molecule has 13 heavy (non-hydrogen) atoms. The van der Waals surface area contributed by atoms with Gasteiger partial charge in [0.15, 0.2) is 5.15 Å². The van der Waals surface area contributed by atoms with Gasteiger partial charge >= 0.3 is 0 Å². The minimum atomic E-state index is -0.113. The molecule has 1 aromatic heterocycles. The molecule has 0 amide bonds. The Hall–Kier alpha value is -0.220. The number of rotatable bonds is 3. The summed E-state index contributed by atoms with van der Waals surface area (Å²) in [6.45, 7) is 0.00291. The van der Waals surface area contributed by atoms with E-state index in [2.05, 4.69) is 4.98 Å². The molecule has 3 nitrogen and oxygen atoms in total. The molecular weight excluding hydrogens is 236 g/mol. The Kier molecular flexibility index (Phi) is 4.06. The second-order valence-electron chi connectivity index (χ2n) is 2.12. The molecular formula is C7H6Cl3NO2. The lowest BCUT2D eigenvalue weighted by molar-refractivity contribution is 0.197. The summed E-state index contributed by atoms with van der Waals surface area (Å²) in [6, 6.07) is 1.44. The van der Waals surface area contributed by atoms with Crippen LogP contribution in [0.25, 0.3) is 0 Å². The highest BCUT2D eigenvalue weighted by Crippen LogP contribution is 2.30. The largest absolute Gasteiger partial charge is 0.474 e. The van der Waals surface area contributed by atoms with Crippen LogP contribution >= 0.6 is 34.8 Å². The van der Waals surface area contributed by atoms with Crippen molar-refractivity contribution in [2.45, 2.75) is 0 Å². The first-order valence-corrected chi connectivity index (χ1v) is 4.53. The maximum Gasteiger partial charge on any atom is 0.234 e. The van der Waals surface area contributed by atoms with Crippen LogP contribution < -0.4 is 4.74 Å². The van der Waals surface area contributed by atoms with Crippen molar-refractivity contribution in [3.05, 3.63) is 21.3 Å². The Labute approximate surface area is 90.2 Å². The second-order valence-corrected chi connectivity index (χ2v) is 3.29. The predicted octanol–water partition coefficient (Wildman–Crippen LogP) is 2.41. The fourth-order valence-electron chi connectivity index (χ4n) is 0.672. The van der Waals surface area contributed by atoms with Crippen molar-refractivity contribution >= 4 is 34.8 Å². The molecule has 72 valence electrons. The van der Waals surface area contributed by atoms with Crippen LogP contribution in [0.15, 0.2) is 6.07 Å². The molecule has 6 heteroatoms. The number of nitrogens with zero attached hydrogens (tertiary/aromatic N) is 1. The van der Waals surface area contributed by atoms with Crippen molar-refractivity contribution in [2.24, 2.45) is 0 Å². The van der Waals surface area contributed by atoms with Gasteiger partial charge in [-0.25, -0.2) is 0 Å². The molecule has 0 radical (unpaired) electrons. The Morgan fingerprint density at radius 3 is 2.62 bits per heavy atom. The van der Waals surface area contributed by atoms with E-state index in [0.717, 1.165) is 0 Å². The lowest BCUT2D eigenvalue weighted by atomic mass is 10.5. The topological polar surface area (TPSA) is 42.4 Å². The van der Waals surface area contributed by atoms with Gasteiger partial charge in [-0.2, -0.15) is 4.98 Å². The van der Waals surface area contributed by atoms with Crippen LogP contribution in [0.1, 0.15) is 0 Å². The van der Waals surface area contributed by atoms with Gasteiger partial charge in [-0.1, -0.05) is 34.8 Å². The summed E-state index contributed by atoms with van der Waals surface area (Å²) in [6.07, 6.45) is 0. The quantitative estimate of drug-likeness (QED) is 0.828. The molecule has 1 rings (SSSR count). The van der Waals surface area contributed by atoms with Gasteiger partial charge in [-0.15, -0.1) is 0 Å². The van der Waals surface area contributed by atoms with Crippen molar-refractivity contribution in [2.75, 3.05) is 13.2 Å². The van der Waals surface area contributed by atoms with Gasteiger partial charge in [-0.3, -0.25) is 0 Å². The highest BCUT2D eigenvalue weighted by molar-refractivity contribution is 6.42. The fourth-order valence-corrected chi connectivity index (χ4v) is 1.22. The van der Waals surface area contributed by atoms with E-state index >= 15 is 0 Å². The predicted molar refractivity (Wildman–Crippen MR) is 51.8 cm³/mol. The number of aliphatic hydroxyl groups excluding tert-OH is 1. The highest BCUT2D eigenvalue weighted by Gasteiger charge is 2.08. The van der Waals surface area contributed by atoms with Crippen LogP contribution in [0.2, 0.25) is 15.2 Å². The van der Waals surface area contributed by atoms with Crippen LogP contribution in [-0.2, 0) is 0 Å². The molecule has 1 N–H and O–H groups in total. The van der Waals surface area contributed by atoms with E-state index in [4.69, 9.17) is 44.6 Å². The van der Waals surface area contributed by atoms with Gasteiger partial charge in [-0.05, 0) is 6.07 Å². The Morgan fingerprint density at radius 1 is 1.31 bits per heavy atom. The van der Waals surface area contributed by atoms with Crippen molar-refractivity contribution < 1.29 is 9.84 Å². The molecule has 0 spiro atoms. The lowest BCUT2D eigenvalue weighted by Gasteiger charge is -2.05. The van der Waals surface area contributed by atoms with Crippen LogP contribution in [0, 0.1) is 0 Å². The molecule has 0 atom stereocenters. The maximum atomic E-state index is 8.49. The number of aromatic nitrogens is 1. The van der Waals surface area contributed by atoms with Crippen molar-refractivity contribution in [1.82, 2.24) is 4.98 Å². The van der Waals surface area contributed by atoms with Gasteiger partial charge in [0, 0.05) is 0 Å². The van der Waals surface area contributed by atoms with Gasteiger partial charge in [0.25, 0.3) is 0 Å². The summed E-state index contributed by atoms with van der Waals surface area (Å²) in [7, 11) is 0. The van der Waals surface area contributed by atoms with E-state index in [9.17, 15) is 0 Å². The van der Waals surface area contributed by atoms with Crippen molar-refractivity contribution in [1.29, 1.82) is 0 Å². The van der Waals surface area contributed by atoms with Gasteiger partial charge in [0.2, 0.25) is 5.88 Å². The number of hydrogen-bond donors (Lipinski definition) is 1. The third kappa shape index (κ3) is 2.88. The van der Waals surface area contributed by atoms with E-state index in [-0.39, 0.29) is 34.3 Å². The Bertz CT molecular complexity index is 306. The minimum absolute atomic E-state index is 0.113. The van der Waals surface area contributed by atoms with Gasteiger partial charge in [0.05, 0.1) is 11.6 Å². The number of halogens is 3. The number of pyridine rings is 1. The maximum absolute atomic E-state index is 8.49. The summed E-state index contributed by atoms with van der Waals surface area (Å²) in [5, 5.41) is 9.14. The summed E-state index contributed by atoms with van der Waals surface area (Å²) in [4.78, 5) is 3.78. The molecule has 1 aromatic rings. The minimum Gasteiger partial charge on any atom is -0.474 e. The number of aliphatic hydroxyl groups is 1. The van der Waals surface area contributed by atoms with E-state index < -0.39 is 0 Å². The lowest BCUT2D eigenvalue weighted by Crippen LogP contribution is -2.03. The first-order chi connectivity index (χ1) is 6.15. The smallest absolute Gasteiger partial charge is 0.234 e. The zero-order chi connectivity index (χ0) is 9.84. The van der Waals surface area contributed by atoms with Crippen LogP contribution in [0.3, 0.4) is 0 Å². The molecule has 0 saturated carbocycles. The van der Waals surface area contributed by atoms with Crippen LogP contribution in [0.5, 0.6) is 5.88 Å². The van der Waals surface area contributed by atoms with Crippen molar-refractivity contribution in [3.63, 3.8) is 0 Å². The normalized spacial score (nSPS) is 10.2. The molecule has 1 heterocycles. The average molecular weight is 242 g/mol. The summed E-state index contributed by atoms with van der Waals surface area (Å²) in [5.74, 6) is 0.171. The summed E-state index contributed by atoms with van der Waals surface area (Å²) in [5.41, 5.74) is 0. The third-order valence-electron chi connectivity index (χ3n) is 1.18. The SMILES string of the molecule is OCCOc1nc(Cl)c(Cl)cc1Cl. The van der Waals surface area contributed by atoms with Gasteiger partial charge in [0.1, 0.15) is 11.6 Å². The zero-order valence-corrected chi connectivity index (χ0v) is 8.70. The van der Waals surface area contributed by atoms with E-state index in [1.54, 1.807) is 0 Å². The molecule has 0 aliphatic carbocycles. The first-order valence-electron chi connectivity index (χ1n) is 3.40. The van der Waals surface area contributed by atoms with E-state index in [0.29, 0.717) is 0 Å². The molecule has 0 aromatic carbocycles. The molecule has 0 fully saturated rings. The Morgan fingerprint density at radius 2 is 2.00 bits per heavy atom. The highest BCUT2D eigenvalue weighted by atomic mass is 35.5. The molecule has 0 saturated heterocycles. The summed E-state index contributed by atoms with van der Waals surface area (Å²) >= 11 is 17.0. The monoisotopic (exact) mass is 241 g/mol. The zero-order valence-electron chi connectivity index (χ0n) is 6.43. The number of hydrogen-bond acceptors (Lipinski definition) is 3. The average Bonchev–Trinajstić information content (AvgIpc) is 2.09. The first kappa shape index (κ1) is 10.9. The second kappa shape index (κ2) is 4.86. The van der Waals surface area contributed by atoms with E-state index in [1.165, 1.54) is 6.07 Å². The van der Waals surface area contributed by atoms with Gasteiger partial charge < -0.3 is 9.84 Å².